The SMILES string of the molecule is CC.COc1cc(/C(C)=N/OCc2ccc3nonc3c2)ccc1N. The third kappa shape index (κ3) is 4.47. The van der Waals surface area contributed by atoms with Gasteiger partial charge in [-0.05, 0) is 47.1 Å². The highest BCUT2D eigenvalue weighted by atomic mass is 16.6. The fraction of sp³-hybridized carbons (Fsp3) is 0.278. The van der Waals surface area contributed by atoms with Crippen LogP contribution in [0.3, 0.4) is 0 Å². The lowest BCUT2D eigenvalue weighted by atomic mass is 10.1. The quantitative estimate of drug-likeness (QED) is 0.431. The van der Waals surface area contributed by atoms with Crippen molar-refractivity contribution in [3.8, 4) is 5.75 Å². The number of fused-ring (bicyclic) bond motifs is 1. The van der Waals surface area contributed by atoms with E-state index in [0.29, 0.717) is 29.1 Å². The Bertz CT molecular complexity index is 858. The van der Waals surface area contributed by atoms with Crippen molar-refractivity contribution >= 4 is 22.4 Å². The molecule has 3 rings (SSSR count). The van der Waals surface area contributed by atoms with Gasteiger partial charge < -0.3 is 15.3 Å². The fourth-order valence-corrected chi connectivity index (χ4v) is 2.11. The van der Waals surface area contributed by atoms with E-state index >= 15 is 0 Å². The second-order valence-electron chi connectivity index (χ2n) is 4.99. The molecule has 0 aliphatic rings. The van der Waals surface area contributed by atoms with Crippen LogP contribution in [0, 0.1) is 0 Å². The zero-order chi connectivity index (χ0) is 18.2. The molecule has 7 nitrogen and oxygen atoms in total. The Labute approximate surface area is 146 Å². The van der Waals surface area contributed by atoms with Crippen LogP contribution < -0.4 is 10.5 Å². The van der Waals surface area contributed by atoms with Crippen LogP contribution in [0.25, 0.3) is 11.0 Å². The monoisotopic (exact) mass is 342 g/mol. The number of hydrogen-bond acceptors (Lipinski definition) is 7. The summed E-state index contributed by atoms with van der Waals surface area (Å²) in [5.74, 6) is 0.612. The van der Waals surface area contributed by atoms with Crippen LogP contribution in [0.2, 0.25) is 0 Å². The highest BCUT2D eigenvalue weighted by Crippen LogP contribution is 2.22. The topological polar surface area (TPSA) is 95.8 Å². The molecular formula is C18H22N4O3. The summed E-state index contributed by atoms with van der Waals surface area (Å²) in [6.07, 6.45) is 0. The Morgan fingerprint density at radius 3 is 2.64 bits per heavy atom. The number of hydrogen-bond donors (Lipinski definition) is 1. The van der Waals surface area contributed by atoms with Crippen molar-refractivity contribution in [1.29, 1.82) is 0 Å². The minimum Gasteiger partial charge on any atom is -0.495 e. The largest absolute Gasteiger partial charge is 0.495 e. The van der Waals surface area contributed by atoms with Gasteiger partial charge in [0.05, 0.1) is 18.5 Å². The van der Waals surface area contributed by atoms with Gasteiger partial charge in [-0.15, -0.1) is 0 Å². The lowest BCUT2D eigenvalue weighted by Gasteiger charge is -2.07. The number of nitrogens with two attached hydrogens (primary N) is 1. The summed E-state index contributed by atoms with van der Waals surface area (Å²) in [5, 5.41) is 11.7. The van der Waals surface area contributed by atoms with E-state index in [1.54, 1.807) is 13.2 Å². The van der Waals surface area contributed by atoms with Gasteiger partial charge in [-0.1, -0.05) is 31.1 Å². The van der Waals surface area contributed by atoms with Gasteiger partial charge in [0.15, 0.2) is 0 Å². The summed E-state index contributed by atoms with van der Waals surface area (Å²) in [4.78, 5) is 5.40. The normalized spacial score (nSPS) is 11.0. The van der Waals surface area contributed by atoms with E-state index in [1.165, 1.54) is 0 Å². The first kappa shape index (κ1) is 18.3. The van der Waals surface area contributed by atoms with Crippen LogP contribution in [0.1, 0.15) is 31.9 Å². The molecule has 7 heteroatoms. The molecule has 0 fully saturated rings. The number of oxime groups is 1. The predicted molar refractivity (Wildman–Crippen MR) is 97.6 cm³/mol. The van der Waals surface area contributed by atoms with E-state index in [2.05, 4.69) is 20.1 Å². The Morgan fingerprint density at radius 2 is 1.88 bits per heavy atom. The zero-order valence-corrected chi connectivity index (χ0v) is 14.8. The number of anilines is 1. The average Bonchev–Trinajstić information content (AvgIpc) is 3.11. The molecule has 0 aliphatic heterocycles. The van der Waals surface area contributed by atoms with E-state index in [0.717, 1.165) is 16.8 Å². The van der Waals surface area contributed by atoms with Gasteiger partial charge in [0.2, 0.25) is 0 Å². The molecule has 0 saturated carbocycles. The molecule has 0 saturated heterocycles. The first-order chi connectivity index (χ1) is 12.2. The summed E-state index contributed by atoms with van der Waals surface area (Å²) in [6, 6.07) is 11.0. The number of rotatable bonds is 5. The zero-order valence-electron chi connectivity index (χ0n) is 14.8. The smallest absolute Gasteiger partial charge is 0.142 e. The van der Waals surface area contributed by atoms with E-state index in [1.807, 2.05) is 51.1 Å². The van der Waals surface area contributed by atoms with Crippen LogP contribution in [-0.2, 0) is 11.4 Å². The number of benzene rings is 2. The molecule has 0 spiro atoms. The molecule has 132 valence electrons. The first-order valence-electron chi connectivity index (χ1n) is 7.99. The Morgan fingerprint density at radius 1 is 1.12 bits per heavy atom. The second kappa shape index (κ2) is 8.68. The maximum Gasteiger partial charge on any atom is 0.142 e. The summed E-state index contributed by atoms with van der Waals surface area (Å²) >= 11 is 0. The molecule has 0 bridgehead atoms. The molecule has 0 unspecified atom stereocenters. The molecule has 2 aromatic carbocycles. The van der Waals surface area contributed by atoms with Gasteiger partial charge in [0, 0.05) is 5.56 Å². The van der Waals surface area contributed by atoms with Crippen LogP contribution in [-0.4, -0.2) is 23.1 Å². The second-order valence-corrected chi connectivity index (χ2v) is 4.99. The van der Waals surface area contributed by atoms with Crippen LogP contribution in [0.4, 0.5) is 5.69 Å². The molecule has 3 aromatic rings. The van der Waals surface area contributed by atoms with Gasteiger partial charge in [0.1, 0.15) is 23.4 Å². The molecule has 2 N–H and O–H groups in total. The average molecular weight is 342 g/mol. The van der Waals surface area contributed by atoms with Crippen molar-refractivity contribution in [2.24, 2.45) is 5.16 Å². The third-order valence-corrected chi connectivity index (χ3v) is 3.40. The summed E-state index contributed by atoms with van der Waals surface area (Å²) in [6.45, 7) is 6.18. The molecule has 0 aliphatic carbocycles. The van der Waals surface area contributed by atoms with E-state index in [4.69, 9.17) is 15.3 Å². The van der Waals surface area contributed by atoms with Crippen molar-refractivity contribution in [2.75, 3.05) is 12.8 Å². The summed E-state index contributed by atoms with van der Waals surface area (Å²) in [7, 11) is 1.58. The number of nitrogens with zero attached hydrogens (tertiary/aromatic N) is 3. The van der Waals surface area contributed by atoms with Crippen molar-refractivity contribution in [3.05, 3.63) is 47.5 Å². The Kier molecular flexibility index (Phi) is 6.33. The molecule has 0 amide bonds. The molecule has 0 radical (unpaired) electrons. The number of aromatic nitrogens is 2. The standard InChI is InChI=1S/C16H16N4O3.C2H6/c1-10(12-4-5-13(17)16(8-12)21-2)18-22-9-11-3-6-14-15(7-11)20-23-19-14;1-2/h3-8H,9,17H2,1-2H3;1-2H3/b18-10+;. The van der Waals surface area contributed by atoms with Crippen LogP contribution in [0.15, 0.2) is 46.2 Å². The first-order valence-corrected chi connectivity index (χ1v) is 7.99. The molecule has 0 atom stereocenters. The number of ether oxygens (including phenoxy) is 1. The van der Waals surface area contributed by atoms with Gasteiger partial charge >= 0.3 is 0 Å². The van der Waals surface area contributed by atoms with Gasteiger partial charge in [-0.3, -0.25) is 0 Å². The van der Waals surface area contributed by atoms with Crippen molar-refractivity contribution < 1.29 is 14.2 Å². The van der Waals surface area contributed by atoms with Gasteiger partial charge in [-0.25, -0.2) is 4.63 Å². The van der Waals surface area contributed by atoms with E-state index < -0.39 is 0 Å². The highest BCUT2D eigenvalue weighted by Gasteiger charge is 2.05. The van der Waals surface area contributed by atoms with Gasteiger partial charge in [0.25, 0.3) is 0 Å². The molecular weight excluding hydrogens is 320 g/mol. The summed E-state index contributed by atoms with van der Waals surface area (Å²) < 4.78 is 9.86. The van der Waals surface area contributed by atoms with Crippen molar-refractivity contribution in [1.82, 2.24) is 10.3 Å². The predicted octanol–water partition coefficient (Wildman–Crippen LogP) is 3.78. The van der Waals surface area contributed by atoms with E-state index in [9.17, 15) is 0 Å². The Hall–Kier alpha value is -3.09. The lowest BCUT2D eigenvalue weighted by Crippen LogP contribution is -2.00. The van der Waals surface area contributed by atoms with Crippen LogP contribution >= 0.6 is 0 Å². The third-order valence-electron chi connectivity index (χ3n) is 3.40. The molecule has 25 heavy (non-hydrogen) atoms. The van der Waals surface area contributed by atoms with E-state index in [-0.39, 0.29) is 0 Å². The maximum atomic E-state index is 5.80. The highest BCUT2D eigenvalue weighted by molar-refractivity contribution is 5.99. The minimum absolute atomic E-state index is 0.326. The lowest BCUT2D eigenvalue weighted by molar-refractivity contribution is 0.130. The Balaban J connectivity index is 0.00000109. The fourth-order valence-electron chi connectivity index (χ4n) is 2.11. The number of nitrogen functional groups attached to an aromatic ring is 1. The van der Waals surface area contributed by atoms with Gasteiger partial charge in [-0.2, -0.15) is 0 Å². The minimum atomic E-state index is 0.326. The molecule has 1 aromatic heterocycles. The van der Waals surface area contributed by atoms with Crippen molar-refractivity contribution in [3.63, 3.8) is 0 Å². The van der Waals surface area contributed by atoms with Crippen LogP contribution in [0.5, 0.6) is 5.75 Å². The number of methoxy groups -OCH3 is 1. The maximum absolute atomic E-state index is 5.80. The molecule has 1 heterocycles. The summed E-state index contributed by atoms with van der Waals surface area (Å²) in [5.41, 5.74) is 10.3. The van der Waals surface area contributed by atoms with Crippen molar-refractivity contribution in [2.45, 2.75) is 27.4 Å².